The lowest BCUT2D eigenvalue weighted by atomic mass is 10.1. The molecule has 0 aliphatic heterocycles. The van der Waals surface area contributed by atoms with Gasteiger partial charge in [-0.15, -0.1) is 0 Å². The average Bonchev–Trinajstić information content (AvgIpc) is 2.50. The Hall–Kier alpha value is -2.24. The lowest BCUT2D eigenvalue weighted by Gasteiger charge is -2.08. The molecule has 0 radical (unpaired) electrons. The Morgan fingerprint density at radius 2 is 1.83 bits per heavy atom. The molecule has 2 aromatic carbocycles. The van der Waals surface area contributed by atoms with Gasteiger partial charge in [-0.2, -0.15) is 5.10 Å². The van der Waals surface area contributed by atoms with Gasteiger partial charge in [0.2, 0.25) is 0 Å². The third kappa shape index (κ3) is 3.75. The van der Waals surface area contributed by atoms with E-state index in [1.807, 2.05) is 0 Å². The molecule has 0 fully saturated rings. The molecule has 7 heteroatoms. The number of carbonyl (C=O) groups excluding carboxylic acids is 1. The van der Waals surface area contributed by atoms with E-state index in [0.717, 1.165) is 0 Å². The van der Waals surface area contributed by atoms with E-state index in [4.69, 9.17) is 23.2 Å². The molecule has 5 nitrogen and oxygen atoms in total. The number of nitrogens with one attached hydrogen (secondary N) is 1. The van der Waals surface area contributed by atoms with Gasteiger partial charge >= 0.3 is 0 Å². The van der Waals surface area contributed by atoms with Gasteiger partial charge in [-0.1, -0.05) is 35.3 Å². The third-order valence-corrected chi connectivity index (χ3v) is 3.73. The van der Waals surface area contributed by atoms with Crippen LogP contribution in [-0.2, 0) is 0 Å². The molecule has 2 rings (SSSR count). The molecule has 2 aromatic rings. The maximum absolute atomic E-state index is 12.1. The van der Waals surface area contributed by atoms with E-state index < -0.39 is 5.91 Å². The number of hydrogen-bond donors (Lipinski definition) is 3. The summed E-state index contributed by atoms with van der Waals surface area (Å²) in [6, 6.07) is 7.71. The normalized spacial score (nSPS) is 11.4. The minimum Gasteiger partial charge on any atom is -0.507 e. The highest BCUT2D eigenvalue weighted by atomic mass is 35.5. The molecule has 0 bridgehead atoms. The first-order valence-electron chi connectivity index (χ1n) is 6.63. The van der Waals surface area contributed by atoms with Crippen LogP contribution in [0.2, 0.25) is 10.0 Å². The van der Waals surface area contributed by atoms with Gasteiger partial charge < -0.3 is 10.2 Å². The molecule has 0 aliphatic rings. The predicted octanol–water partition coefficient (Wildman–Crippen LogP) is 3.87. The molecular weight excluding hydrogens is 339 g/mol. The van der Waals surface area contributed by atoms with Crippen LogP contribution in [0.4, 0.5) is 0 Å². The van der Waals surface area contributed by atoms with E-state index in [1.54, 1.807) is 26.0 Å². The second-order valence-corrected chi connectivity index (χ2v) is 5.74. The molecule has 1 amide bonds. The molecule has 0 aliphatic carbocycles. The van der Waals surface area contributed by atoms with E-state index in [-0.39, 0.29) is 22.1 Å². The second kappa shape index (κ2) is 6.89. The highest BCUT2D eigenvalue weighted by molar-refractivity contribution is 6.36. The summed E-state index contributed by atoms with van der Waals surface area (Å²) in [6.45, 7) is 3.27. The number of nitrogens with zero attached hydrogens (tertiary/aromatic N) is 1. The maximum Gasteiger partial charge on any atom is 0.275 e. The van der Waals surface area contributed by atoms with Crippen LogP contribution in [0.15, 0.2) is 35.4 Å². The molecule has 0 atom stereocenters. The number of halogens is 2. The number of hydrogen-bond acceptors (Lipinski definition) is 4. The van der Waals surface area contributed by atoms with Crippen molar-refractivity contribution in [2.45, 2.75) is 13.8 Å². The minimum absolute atomic E-state index is 0.0877. The van der Waals surface area contributed by atoms with Gasteiger partial charge in [0.15, 0.2) is 0 Å². The fourth-order valence-electron chi connectivity index (χ4n) is 1.94. The molecule has 0 unspecified atom stereocenters. The van der Waals surface area contributed by atoms with Crippen LogP contribution in [0.1, 0.15) is 28.4 Å². The first-order valence-corrected chi connectivity index (χ1v) is 7.38. The molecule has 3 N–H and O–H groups in total. The van der Waals surface area contributed by atoms with Crippen LogP contribution in [0, 0.1) is 6.92 Å². The van der Waals surface area contributed by atoms with Crippen molar-refractivity contribution in [3.8, 4) is 11.5 Å². The summed E-state index contributed by atoms with van der Waals surface area (Å²) < 4.78 is 0. The van der Waals surface area contributed by atoms with Crippen LogP contribution in [-0.4, -0.2) is 21.8 Å². The number of rotatable bonds is 3. The van der Waals surface area contributed by atoms with E-state index in [2.05, 4.69) is 10.5 Å². The van der Waals surface area contributed by atoms with E-state index in [1.165, 1.54) is 18.2 Å². The van der Waals surface area contributed by atoms with Crippen molar-refractivity contribution in [2.24, 2.45) is 5.10 Å². The third-order valence-electron chi connectivity index (χ3n) is 3.23. The Morgan fingerprint density at radius 3 is 2.52 bits per heavy atom. The van der Waals surface area contributed by atoms with Gasteiger partial charge in [-0.25, -0.2) is 5.43 Å². The lowest BCUT2D eigenvalue weighted by molar-refractivity contribution is 0.0952. The highest BCUT2D eigenvalue weighted by Gasteiger charge is 2.14. The SMILES string of the molecule is C/C(=N\NC(=O)c1cccc(C)c1O)c1cc(Cl)cc(Cl)c1O. The molecule has 0 spiro atoms. The number of aryl methyl sites for hydroxylation is 1. The first-order chi connectivity index (χ1) is 10.8. The van der Waals surface area contributed by atoms with E-state index in [9.17, 15) is 15.0 Å². The Labute approximate surface area is 143 Å². The lowest BCUT2D eigenvalue weighted by Crippen LogP contribution is -2.19. The zero-order valence-corrected chi connectivity index (χ0v) is 13.9. The largest absolute Gasteiger partial charge is 0.507 e. The molecule has 120 valence electrons. The molecular formula is C16H14Cl2N2O3. The number of phenolic OH excluding ortho intramolecular Hbond substituents is 2. The van der Waals surface area contributed by atoms with Crippen molar-refractivity contribution >= 4 is 34.8 Å². The summed E-state index contributed by atoms with van der Waals surface area (Å²) in [5, 5.41) is 24.1. The van der Waals surface area contributed by atoms with Gasteiger partial charge in [0.25, 0.3) is 5.91 Å². The van der Waals surface area contributed by atoms with Crippen molar-refractivity contribution in [3.63, 3.8) is 0 Å². The zero-order valence-electron chi connectivity index (χ0n) is 12.4. The van der Waals surface area contributed by atoms with Crippen LogP contribution in [0.5, 0.6) is 11.5 Å². The number of aromatic hydroxyl groups is 2. The summed E-state index contributed by atoms with van der Waals surface area (Å²) in [4.78, 5) is 12.1. The number of phenols is 2. The minimum atomic E-state index is -0.571. The number of hydrazone groups is 1. The van der Waals surface area contributed by atoms with Crippen molar-refractivity contribution in [1.82, 2.24) is 5.43 Å². The molecule has 0 saturated heterocycles. The summed E-state index contributed by atoms with van der Waals surface area (Å²) in [7, 11) is 0. The van der Waals surface area contributed by atoms with Crippen LogP contribution in [0.25, 0.3) is 0 Å². The van der Waals surface area contributed by atoms with Crippen molar-refractivity contribution < 1.29 is 15.0 Å². The van der Waals surface area contributed by atoms with E-state index >= 15 is 0 Å². The van der Waals surface area contributed by atoms with Gasteiger partial charge in [-0.3, -0.25) is 4.79 Å². The quantitative estimate of drug-likeness (QED) is 0.579. The van der Waals surface area contributed by atoms with Gasteiger partial charge in [-0.05, 0) is 37.6 Å². The van der Waals surface area contributed by atoms with Crippen LogP contribution >= 0.6 is 23.2 Å². The molecule has 0 aromatic heterocycles. The predicted molar refractivity (Wildman–Crippen MR) is 90.6 cm³/mol. The second-order valence-electron chi connectivity index (χ2n) is 4.89. The first kappa shape index (κ1) is 17.1. The number of para-hydroxylation sites is 1. The maximum atomic E-state index is 12.1. The van der Waals surface area contributed by atoms with E-state index in [0.29, 0.717) is 21.9 Å². The zero-order chi connectivity index (χ0) is 17.1. The highest BCUT2D eigenvalue weighted by Crippen LogP contribution is 2.31. The Bertz CT molecular complexity index is 804. The Kier molecular flexibility index (Phi) is 5.13. The number of amides is 1. The number of benzene rings is 2. The van der Waals surface area contributed by atoms with Crippen molar-refractivity contribution in [2.75, 3.05) is 0 Å². The molecule has 0 heterocycles. The summed E-state index contributed by atoms with van der Waals surface area (Å²) in [5.74, 6) is -0.852. The Morgan fingerprint density at radius 1 is 1.13 bits per heavy atom. The van der Waals surface area contributed by atoms with Gasteiger partial charge in [0, 0.05) is 10.6 Å². The topological polar surface area (TPSA) is 81.9 Å². The standard InChI is InChI=1S/C16H14Cl2N2O3/c1-8-4-3-5-11(14(8)21)16(23)20-19-9(2)12-6-10(17)7-13(18)15(12)22/h3-7,21-22H,1-2H3,(H,20,23)/b19-9+. The summed E-state index contributed by atoms with van der Waals surface area (Å²) in [5.41, 5.74) is 3.63. The van der Waals surface area contributed by atoms with Crippen molar-refractivity contribution in [1.29, 1.82) is 0 Å². The fourth-order valence-corrected chi connectivity index (χ4v) is 2.43. The number of carbonyl (C=O) groups is 1. The molecule has 0 saturated carbocycles. The summed E-state index contributed by atoms with van der Waals surface area (Å²) in [6.07, 6.45) is 0. The Balaban J connectivity index is 2.26. The van der Waals surface area contributed by atoms with Gasteiger partial charge in [0.1, 0.15) is 11.5 Å². The fraction of sp³-hybridized carbons (Fsp3) is 0.125. The molecule has 23 heavy (non-hydrogen) atoms. The monoisotopic (exact) mass is 352 g/mol. The van der Waals surface area contributed by atoms with Gasteiger partial charge in [0.05, 0.1) is 16.3 Å². The smallest absolute Gasteiger partial charge is 0.275 e. The summed E-state index contributed by atoms with van der Waals surface area (Å²) >= 11 is 11.7. The van der Waals surface area contributed by atoms with Crippen molar-refractivity contribution in [3.05, 3.63) is 57.1 Å². The van der Waals surface area contributed by atoms with Crippen LogP contribution in [0.3, 0.4) is 0 Å². The average molecular weight is 353 g/mol. The van der Waals surface area contributed by atoms with Crippen LogP contribution < -0.4 is 5.43 Å².